The predicted octanol–water partition coefficient (Wildman–Crippen LogP) is 3.83. The van der Waals surface area contributed by atoms with Crippen molar-refractivity contribution in [2.45, 2.75) is 26.8 Å². The van der Waals surface area contributed by atoms with Gasteiger partial charge in [-0.1, -0.05) is 24.3 Å². The van der Waals surface area contributed by atoms with Gasteiger partial charge in [-0.3, -0.25) is 14.4 Å². The third-order valence-electron chi connectivity index (χ3n) is 4.21. The first-order valence-electron chi connectivity index (χ1n) is 8.70. The Morgan fingerprint density at radius 1 is 0.926 bits per heavy atom. The van der Waals surface area contributed by atoms with Crippen molar-refractivity contribution in [1.82, 2.24) is 4.57 Å². The molecule has 3 rings (SSSR count). The molecular formula is C21H21N3O3. The molecule has 0 fully saturated rings. The van der Waals surface area contributed by atoms with Crippen LogP contribution in [0.3, 0.4) is 0 Å². The second-order valence-corrected chi connectivity index (χ2v) is 6.37. The highest BCUT2D eigenvalue weighted by atomic mass is 16.2. The fourth-order valence-corrected chi connectivity index (χ4v) is 3.04. The summed E-state index contributed by atoms with van der Waals surface area (Å²) in [5, 5.41) is 6.41. The summed E-state index contributed by atoms with van der Waals surface area (Å²) < 4.78 is 1.93. The third-order valence-corrected chi connectivity index (χ3v) is 4.21. The molecule has 27 heavy (non-hydrogen) atoms. The Morgan fingerprint density at radius 3 is 2.33 bits per heavy atom. The van der Waals surface area contributed by atoms with E-state index in [0.29, 0.717) is 23.5 Å². The maximum Gasteiger partial charge on any atom is 0.226 e. The number of hydrogen-bond acceptors (Lipinski definition) is 3. The molecule has 6 heteroatoms. The van der Waals surface area contributed by atoms with E-state index in [1.807, 2.05) is 28.8 Å². The minimum atomic E-state index is -0.167. The number of nitrogens with one attached hydrogen (secondary N) is 2. The molecule has 0 aliphatic carbocycles. The van der Waals surface area contributed by atoms with Crippen molar-refractivity contribution in [3.05, 3.63) is 60.3 Å². The molecular weight excluding hydrogens is 342 g/mol. The van der Waals surface area contributed by atoms with Crippen molar-refractivity contribution < 1.29 is 14.4 Å². The van der Waals surface area contributed by atoms with E-state index in [-0.39, 0.29) is 24.0 Å². The molecule has 3 aromatic rings. The van der Waals surface area contributed by atoms with Gasteiger partial charge in [0.1, 0.15) is 0 Å². The molecule has 0 radical (unpaired) electrons. The summed E-state index contributed by atoms with van der Waals surface area (Å²) in [7, 11) is 0. The number of benzene rings is 2. The second kappa shape index (κ2) is 7.86. The Hall–Kier alpha value is -3.41. The van der Waals surface area contributed by atoms with Crippen LogP contribution < -0.4 is 10.6 Å². The number of amides is 2. The van der Waals surface area contributed by atoms with Gasteiger partial charge in [0, 0.05) is 53.9 Å². The smallest absolute Gasteiger partial charge is 0.226 e. The summed E-state index contributed by atoms with van der Waals surface area (Å²) >= 11 is 0. The molecule has 2 amide bonds. The molecule has 0 aliphatic heterocycles. The number of rotatable bonds is 6. The normalized spacial score (nSPS) is 10.6. The number of ketones is 1. The lowest BCUT2D eigenvalue weighted by atomic mass is 10.1. The molecule has 2 aromatic carbocycles. The standard InChI is InChI=1S/C21H21N3O3/c1-14(25)19-13-24(20-9-4-3-8-18(19)20)11-10-21(27)23-17-7-5-6-16(12-17)22-15(2)26/h3-9,12-13H,10-11H2,1-2H3,(H,22,26)(H,23,27). The summed E-state index contributed by atoms with van der Waals surface area (Å²) in [5.74, 6) is -0.305. The Labute approximate surface area is 157 Å². The number of fused-ring (bicyclic) bond motifs is 1. The zero-order chi connectivity index (χ0) is 19.4. The van der Waals surface area contributed by atoms with Gasteiger partial charge in [0.05, 0.1) is 0 Å². The zero-order valence-corrected chi connectivity index (χ0v) is 15.3. The van der Waals surface area contributed by atoms with Crippen molar-refractivity contribution in [2.75, 3.05) is 10.6 Å². The zero-order valence-electron chi connectivity index (χ0n) is 15.3. The van der Waals surface area contributed by atoms with E-state index in [2.05, 4.69) is 10.6 Å². The van der Waals surface area contributed by atoms with Gasteiger partial charge < -0.3 is 15.2 Å². The lowest BCUT2D eigenvalue weighted by Gasteiger charge is -2.09. The average Bonchev–Trinajstić information content (AvgIpc) is 2.99. The van der Waals surface area contributed by atoms with Crippen LogP contribution in [-0.2, 0) is 16.1 Å². The topological polar surface area (TPSA) is 80.2 Å². The molecule has 6 nitrogen and oxygen atoms in total. The van der Waals surface area contributed by atoms with Crippen LogP contribution in [0.2, 0.25) is 0 Å². The number of nitrogens with zero attached hydrogens (tertiary/aromatic N) is 1. The average molecular weight is 363 g/mol. The number of para-hydroxylation sites is 1. The highest BCUT2D eigenvalue weighted by Crippen LogP contribution is 2.22. The molecule has 2 N–H and O–H groups in total. The summed E-state index contributed by atoms with van der Waals surface area (Å²) in [6.45, 7) is 3.44. The predicted molar refractivity (Wildman–Crippen MR) is 106 cm³/mol. The van der Waals surface area contributed by atoms with Gasteiger partial charge in [0.15, 0.2) is 5.78 Å². The lowest BCUT2D eigenvalue weighted by Crippen LogP contribution is -2.14. The minimum absolute atomic E-state index is 0.00388. The number of carbonyl (C=O) groups is 3. The van der Waals surface area contributed by atoms with E-state index < -0.39 is 0 Å². The quantitative estimate of drug-likeness (QED) is 0.653. The van der Waals surface area contributed by atoms with Crippen LogP contribution in [-0.4, -0.2) is 22.2 Å². The van der Waals surface area contributed by atoms with Crippen LogP contribution in [0, 0.1) is 0 Å². The molecule has 0 saturated heterocycles. The van der Waals surface area contributed by atoms with Gasteiger partial charge in [-0.15, -0.1) is 0 Å². The number of hydrogen-bond donors (Lipinski definition) is 2. The summed E-state index contributed by atoms with van der Waals surface area (Å²) in [6, 6.07) is 14.7. The number of Topliss-reactive ketones (excluding diaryl/α,β-unsaturated/α-hetero) is 1. The number of aryl methyl sites for hydroxylation is 1. The highest BCUT2D eigenvalue weighted by molar-refractivity contribution is 6.07. The van der Waals surface area contributed by atoms with E-state index in [1.165, 1.54) is 6.92 Å². The molecule has 0 spiro atoms. The van der Waals surface area contributed by atoms with Gasteiger partial charge in [-0.25, -0.2) is 0 Å². The largest absolute Gasteiger partial charge is 0.346 e. The maximum absolute atomic E-state index is 12.3. The van der Waals surface area contributed by atoms with Crippen molar-refractivity contribution >= 4 is 39.9 Å². The monoisotopic (exact) mass is 363 g/mol. The summed E-state index contributed by atoms with van der Waals surface area (Å²) in [5.41, 5.74) is 2.84. The third kappa shape index (κ3) is 4.41. The van der Waals surface area contributed by atoms with Crippen LogP contribution in [0.25, 0.3) is 10.9 Å². The minimum Gasteiger partial charge on any atom is -0.346 e. The molecule has 0 bridgehead atoms. The molecule has 0 unspecified atom stereocenters. The fraction of sp³-hybridized carbons (Fsp3) is 0.190. The van der Waals surface area contributed by atoms with Crippen LogP contribution in [0.1, 0.15) is 30.6 Å². The van der Waals surface area contributed by atoms with Gasteiger partial charge in [0.2, 0.25) is 11.8 Å². The van der Waals surface area contributed by atoms with Crippen molar-refractivity contribution in [3.63, 3.8) is 0 Å². The molecule has 0 atom stereocenters. The molecule has 0 aliphatic rings. The fourth-order valence-electron chi connectivity index (χ4n) is 3.04. The molecule has 1 aromatic heterocycles. The Morgan fingerprint density at radius 2 is 1.63 bits per heavy atom. The Bertz CT molecular complexity index is 1020. The van der Waals surface area contributed by atoms with Crippen LogP contribution in [0.15, 0.2) is 54.7 Å². The first kappa shape index (κ1) is 18.4. The highest BCUT2D eigenvalue weighted by Gasteiger charge is 2.12. The molecule has 1 heterocycles. The molecule has 0 saturated carbocycles. The Balaban J connectivity index is 1.69. The van der Waals surface area contributed by atoms with E-state index in [0.717, 1.165) is 10.9 Å². The summed E-state index contributed by atoms with van der Waals surface area (Å²) in [4.78, 5) is 35.3. The number of anilines is 2. The SMILES string of the molecule is CC(=O)Nc1cccc(NC(=O)CCn2cc(C(C)=O)c3ccccc32)c1. The number of carbonyl (C=O) groups excluding carboxylic acids is 3. The van der Waals surface area contributed by atoms with Gasteiger partial charge in [-0.2, -0.15) is 0 Å². The van der Waals surface area contributed by atoms with Crippen LogP contribution in [0.5, 0.6) is 0 Å². The Kier molecular flexibility index (Phi) is 5.35. The first-order valence-corrected chi connectivity index (χ1v) is 8.70. The van der Waals surface area contributed by atoms with Gasteiger partial charge in [-0.05, 0) is 31.2 Å². The number of aromatic nitrogens is 1. The first-order chi connectivity index (χ1) is 12.9. The van der Waals surface area contributed by atoms with E-state index in [9.17, 15) is 14.4 Å². The maximum atomic E-state index is 12.3. The van der Waals surface area contributed by atoms with E-state index in [4.69, 9.17) is 0 Å². The van der Waals surface area contributed by atoms with E-state index >= 15 is 0 Å². The van der Waals surface area contributed by atoms with Crippen molar-refractivity contribution in [1.29, 1.82) is 0 Å². The van der Waals surface area contributed by atoms with Crippen molar-refractivity contribution in [3.8, 4) is 0 Å². The van der Waals surface area contributed by atoms with Crippen molar-refractivity contribution in [2.24, 2.45) is 0 Å². The molecule has 138 valence electrons. The van der Waals surface area contributed by atoms with E-state index in [1.54, 1.807) is 37.4 Å². The summed E-state index contributed by atoms with van der Waals surface area (Å²) in [6.07, 6.45) is 2.07. The second-order valence-electron chi connectivity index (χ2n) is 6.37. The lowest BCUT2D eigenvalue weighted by molar-refractivity contribution is -0.116. The van der Waals surface area contributed by atoms with Gasteiger partial charge in [0.25, 0.3) is 0 Å². The van der Waals surface area contributed by atoms with Crippen LogP contribution in [0.4, 0.5) is 11.4 Å². The van der Waals surface area contributed by atoms with Gasteiger partial charge >= 0.3 is 0 Å². The van der Waals surface area contributed by atoms with Crippen LogP contribution >= 0.6 is 0 Å².